The number of ether oxygens (including phenoxy) is 2. The summed E-state index contributed by atoms with van der Waals surface area (Å²) in [7, 11) is 0. The van der Waals surface area contributed by atoms with Crippen molar-refractivity contribution in [3.8, 4) is 11.5 Å². The molecule has 28 heavy (non-hydrogen) atoms. The monoisotopic (exact) mass is 388 g/mol. The predicted octanol–water partition coefficient (Wildman–Crippen LogP) is 4.46. The SMILES string of the molecule is Cc1nc(Nc2ccc3c(c2)OCCO3)cc(Nc2ccc(F)c(F)c2F)n1. The zero-order valence-electron chi connectivity index (χ0n) is 14.7. The van der Waals surface area contributed by atoms with Crippen molar-refractivity contribution in [2.24, 2.45) is 0 Å². The first kappa shape index (κ1) is 17.9. The smallest absolute Gasteiger partial charge is 0.196 e. The minimum Gasteiger partial charge on any atom is -0.486 e. The summed E-state index contributed by atoms with van der Waals surface area (Å²) >= 11 is 0. The molecule has 2 N–H and O–H groups in total. The topological polar surface area (TPSA) is 68.3 Å². The molecule has 1 aliphatic rings. The largest absolute Gasteiger partial charge is 0.486 e. The van der Waals surface area contributed by atoms with E-state index in [1.807, 2.05) is 0 Å². The Morgan fingerprint density at radius 1 is 0.821 bits per heavy atom. The zero-order valence-corrected chi connectivity index (χ0v) is 14.7. The maximum Gasteiger partial charge on any atom is 0.196 e. The molecule has 0 spiro atoms. The average molecular weight is 388 g/mol. The number of hydrogen-bond donors (Lipinski definition) is 2. The molecule has 0 aliphatic carbocycles. The van der Waals surface area contributed by atoms with E-state index in [9.17, 15) is 13.2 Å². The standard InChI is InChI=1S/C19H15F3N4O2/c1-10-23-16(25-11-2-5-14-15(8-11)28-7-6-27-14)9-17(24-10)26-13-4-3-12(20)18(21)19(13)22/h2-5,8-9H,6-7H2,1H3,(H2,23,24,25,26). The van der Waals surface area contributed by atoms with E-state index in [4.69, 9.17) is 9.47 Å². The number of anilines is 4. The Morgan fingerprint density at radius 3 is 2.32 bits per heavy atom. The Bertz CT molecular complexity index is 1050. The van der Waals surface area contributed by atoms with Gasteiger partial charge in [-0.05, 0) is 31.2 Å². The van der Waals surface area contributed by atoms with Gasteiger partial charge in [-0.3, -0.25) is 0 Å². The predicted molar refractivity (Wildman–Crippen MR) is 97.1 cm³/mol. The zero-order chi connectivity index (χ0) is 19.7. The van der Waals surface area contributed by atoms with Crippen molar-refractivity contribution in [1.29, 1.82) is 0 Å². The number of fused-ring (bicyclic) bond motifs is 1. The van der Waals surface area contributed by atoms with Crippen LogP contribution in [-0.2, 0) is 0 Å². The van der Waals surface area contributed by atoms with E-state index >= 15 is 0 Å². The summed E-state index contributed by atoms with van der Waals surface area (Å²) in [5.41, 5.74) is 0.467. The van der Waals surface area contributed by atoms with Gasteiger partial charge in [0, 0.05) is 17.8 Å². The number of rotatable bonds is 4. The van der Waals surface area contributed by atoms with Gasteiger partial charge < -0.3 is 20.1 Å². The molecule has 0 saturated heterocycles. The number of nitrogens with one attached hydrogen (secondary N) is 2. The first-order valence-corrected chi connectivity index (χ1v) is 8.42. The molecule has 4 rings (SSSR count). The van der Waals surface area contributed by atoms with Crippen LogP contribution < -0.4 is 20.1 Å². The molecule has 1 aromatic heterocycles. The third-order valence-corrected chi connectivity index (χ3v) is 3.95. The second-order valence-electron chi connectivity index (χ2n) is 6.02. The molecule has 0 fully saturated rings. The lowest BCUT2D eigenvalue weighted by molar-refractivity contribution is 0.171. The second kappa shape index (κ2) is 7.26. The van der Waals surface area contributed by atoms with Crippen molar-refractivity contribution < 1.29 is 22.6 Å². The Morgan fingerprint density at radius 2 is 1.54 bits per heavy atom. The molecule has 0 radical (unpaired) electrons. The van der Waals surface area contributed by atoms with Gasteiger partial charge in [0.1, 0.15) is 30.7 Å². The molecule has 0 amide bonds. The minimum absolute atomic E-state index is 0.220. The van der Waals surface area contributed by atoms with Crippen LogP contribution in [0, 0.1) is 24.4 Å². The lowest BCUT2D eigenvalue weighted by Crippen LogP contribution is -2.15. The Balaban J connectivity index is 1.58. The fraction of sp³-hybridized carbons (Fsp3) is 0.158. The van der Waals surface area contributed by atoms with E-state index < -0.39 is 17.5 Å². The van der Waals surface area contributed by atoms with Gasteiger partial charge in [-0.25, -0.2) is 23.1 Å². The van der Waals surface area contributed by atoms with Crippen LogP contribution in [0.3, 0.4) is 0 Å². The summed E-state index contributed by atoms with van der Waals surface area (Å²) in [4.78, 5) is 8.42. The molecule has 0 bridgehead atoms. The van der Waals surface area contributed by atoms with Gasteiger partial charge in [0.25, 0.3) is 0 Å². The normalized spacial score (nSPS) is 12.6. The number of benzene rings is 2. The Kier molecular flexibility index (Phi) is 4.64. The first-order valence-electron chi connectivity index (χ1n) is 8.42. The van der Waals surface area contributed by atoms with E-state index in [1.165, 1.54) is 6.07 Å². The summed E-state index contributed by atoms with van der Waals surface area (Å²) in [5, 5.41) is 5.74. The van der Waals surface area contributed by atoms with Gasteiger partial charge in [-0.1, -0.05) is 0 Å². The van der Waals surface area contributed by atoms with Crippen LogP contribution in [-0.4, -0.2) is 23.2 Å². The lowest BCUT2D eigenvalue weighted by Gasteiger charge is -2.19. The third-order valence-electron chi connectivity index (χ3n) is 3.95. The van der Waals surface area contributed by atoms with Crippen molar-refractivity contribution in [1.82, 2.24) is 9.97 Å². The highest BCUT2D eigenvalue weighted by Crippen LogP contribution is 2.33. The van der Waals surface area contributed by atoms with Crippen LogP contribution in [0.4, 0.5) is 36.2 Å². The molecule has 2 heterocycles. The van der Waals surface area contributed by atoms with Crippen LogP contribution >= 0.6 is 0 Å². The summed E-state index contributed by atoms with van der Waals surface area (Å²) in [5.74, 6) is -1.82. The molecule has 1 aliphatic heterocycles. The number of aromatic nitrogens is 2. The maximum absolute atomic E-state index is 13.9. The van der Waals surface area contributed by atoms with Gasteiger partial charge in [0.05, 0.1) is 5.69 Å². The average Bonchev–Trinajstić information content (AvgIpc) is 2.68. The molecule has 6 nitrogen and oxygen atoms in total. The Labute approximate surface area is 158 Å². The van der Waals surface area contributed by atoms with E-state index in [-0.39, 0.29) is 11.5 Å². The molecular formula is C19H15F3N4O2. The fourth-order valence-corrected chi connectivity index (χ4v) is 2.73. The summed E-state index contributed by atoms with van der Waals surface area (Å²) in [6.07, 6.45) is 0. The Hall–Kier alpha value is -3.49. The molecule has 0 saturated carbocycles. The highest BCUT2D eigenvalue weighted by atomic mass is 19.2. The second-order valence-corrected chi connectivity index (χ2v) is 6.02. The van der Waals surface area contributed by atoms with Gasteiger partial charge in [0.15, 0.2) is 29.0 Å². The number of halogens is 3. The van der Waals surface area contributed by atoms with Crippen LogP contribution in [0.5, 0.6) is 11.5 Å². The van der Waals surface area contributed by atoms with E-state index in [2.05, 4.69) is 20.6 Å². The maximum atomic E-state index is 13.9. The van der Waals surface area contributed by atoms with Gasteiger partial charge in [0.2, 0.25) is 0 Å². The third kappa shape index (κ3) is 3.64. The fourth-order valence-electron chi connectivity index (χ4n) is 2.73. The highest BCUT2D eigenvalue weighted by molar-refractivity contribution is 5.65. The van der Waals surface area contributed by atoms with Crippen molar-refractivity contribution in [2.75, 3.05) is 23.8 Å². The molecule has 0 atom stereocenters. The van der Waals surface area contributed by atoms with Gasteiger partial charge >= 0.3 is 0 Å². The van der Waals surface area contributed by atoms with Crippen molar-refractivity contribution in [2.45, 2.75) is 6.92 Å². The molecule has 2 aromatic carbocycles. The van der Waals surface area contributed by atoms with Crippen molar-refractivity contribution in [3.05, 3.63) is 59.7 Å². The van der Waals surface area contributed by atoms with Crippen LogP contribution in [0.15, 0.2) is 36.4 Å². The van der Waals surface area contributed by atoms with Crippen LogP contribution in [0.2, 0.25) is 0 Å². The van der Waals surface area contributed by atoms with E-state index in [0.29, 0.717) is 42.0 Å². The number of hydrogen-bond acceptors (Lipinski definition) is 6. The van der Waals surface area contributed by atoms with Crippen molar-refractivity contribution in [3.63, 3.8) is 0 Å². The summed E-state index contributed by atoms with van der Waals surface area (Å²) in [6.45, 7) is 2.62. The van der Waals surface area contributed by atoms with Gasteiger partial charge in [-0.2, -0.15) is 0 Å². The molecule has 9 heteroatoms. The molecule has 144 valence electrons. The quantitative estimate of drug-likeness (QED) is 0.643. The number of nitrogens with zero attached hydrogens (tertiary/aromatic N) is 2. The van der Waals surface area contributed by atoms with Crippen LogP contribution in [0.1, 0.15) is 5.82 Å². The van der Waals surface area contributed by atoms with Gasteiger partial charge in [-0.15, -0.1) is 0 Å². The number of aryl methyl sites for hydroxylation is 1. The molecular weight excluding hydrogens is 373 g/mol. The van der Waals surface area contributed by atoms with Crippen molar-refractivity contribution >= 4 is 23.0 Å². The highest BCUT2D eigenvalue weighted by Gasteiger charge is 2.15. The first-order chi connectivity index (χ1) is 13.5. The van der Waals surface area contributed by atoms with E-state index in [0.717, 1.165) is 12.1 Å². The van der Waals surface area contributed by atoms with E-state index in [1.54, 1.807) is 25.1 Å². The molecule has 0 unspecified atom stereocenters. The summed E-state index contributed by atoms with van der Waals surface area (Å²) in [6, 6.07) is 8.80. The van der Waals surface area contributed by atoms with Crippen LogP contribution in [0.25, 0.3) is 0 Å². The lowest BCUT2D eigenvalue weighted by atomic mass is 10.2. The minimum atomic E-state index is -1.55. The molecule has 3 aromatic rings. The summed E-state index contributed by atoms with van der Waals surface area (Å²) < 4.78 is 51.4.